The van der Waals surface area contributed by atoms with Crippen molar-refractivity contribution >= 4 is 23.6 Å². The second-order valence-electron chi connectivity index (χ2n) is 3.06. The molecule has 0 radical (unpaired) electrons. The molecule has 0 aliphatic carbocycles. The number of aryl methyl sites for hydroxylation is 1. The van der Waals surface area contributed by atoms with E-state index in [1.54, 1.807) is 6.08 Å². The zero-order valence-corrected chi connectivity index (χ0v) is 9.54. The topological polar surface area (TPSA) is 26.3 Å². The van der Waals surface area contributed by atoms with Crippen LogP contribution in [-0.4, -0.2) is 13.1 Å². The van der Waals surface area contributed by atoms with Gasteiger partial charge in [-0.05, 0) is 29.7 Å². The molecule has 0 spiro atoms. The quantitative estimate of drug-likeness (QED) is 0.583. The Hall–Kier alpha value is -1.28. The first-order valence-corrected chi connectivity index (χ1v) is 5.09. The van der Waals surface area contributed by atoms with Gasteiger partial charge in [-0.1, -0.05) is 30.7 Å². The number of hydrogen-bond donors (Lipinski definition) is 0. The number of rotatable bonds is 3. The van der Waals surface area contributed by atoms with Crippen LogP contribution >= 0.6 is 11.6 Å². The minimum atomic E-state index is -0.358. The van der Waals surface area contributed by atoms with Gasteiger partial charge in [0.25, 0.3) is 0 Å². The summed E-state index contributed by atoms with van der Waals surface area (Å²) in [7, 11) is 1.35. The molecular weight excluding hydrogens is 212 g/mol. The van der Waals surface area contributed by atoms with Gasteiger partial charge < -0.3 is 4.74 Å². The Morgan fingerprint density at radius 3 is 2.87 bits per heavy atom. The summed E-state index contributed by atoms with van der Waals surface area (Å²) in [5.41, 5.74) is 2.02. The second kappa shape index (κ2) is 5.56. The van der Waals surface area contributed by atoms with E-state index in [2.05, 4.69) is 4.74 Å². The van der Waals surface area contributed by atoms with Crippen molar-refractivity contribution in [3.8, 4) is 0 Å². The third-order valence-corrected chi connectivity index (χ3v) is 2.43. The van der Waals surface area contributed by atoms with Crippen LogP contribution in [0.15, 0.2) is 24.3 Å². The molecule has 1 aromatic rings. The lowest BCUT2D eigenvalue weighted by Crippen LogP contribution is -1.93. The minimum absolute atomic E-state index is 0.358. The normalized spacial score (nSPS) is 10.6. The smallest absolute Gasteiger partial charge is 0.330 e. The molecule has 3 heteroatoms. The molecule has 0 aliphatic rings. The molecule has 1 rings (SSSR count). The average Bonchev–Trinajstić information content (AvgIpc) is 2.27. The van der Waals surface area contributed by atoms with Crippen LogP contribution in [0.1, 0.15) is 18.1 Å². The van der Waals surface area contributed by atoms with Gasteiger partial charge in [-0.25, -0.2) is 4.79 Å². The summed E-state index contributed by atoms with van der Waals surface area (Å²) < 4.78 is 4.50. The highest BCUT2D eigenvalue weighted by Gasteiger charge is 1.98. The summed E-state index contributed by atoms with van der Waals surface area (Å²) >= 11 is 5.97. The van der Waals surface area contributed by atoms with Gasteiger partial charge in [-0.15, -0.1) is 0 Å². The van der Waals surface area contributed by atoms with E-state index in [4.69, 9.17) is 11.6 Å². The zero-order chi connectivity index (χ0) is 11.3. The first kappa shape index (κ1) is 11.8. The number of hydrogen-bond acceptors (Lipinski definition) is 2. The maximum Gasteiger partial charge on any atom is 0.330 e. The molecule has 2 nitrogen and oxygen atoms in total. The fraction of sp³-hybridized carbons (Fsp3) is 0.250. The predicted octanol–water partition coefficient (Wildman–Crippen LogP) is 3.09. The monoisotopic (exact) mass is 224 g/mol. The highest BCUT2D eigenvalue weighted by molar-refractivity contribution is 6.31. The molecule has 0 amide bonds. The Morgan fingerprint density at radius 1 is 1.53 bits per heavy atom. The van der Waals surface area contributed by atoms with E-state index in [0.29, 0.717) is 0 Å². The van der Waals surface area contributed by atoms with Crippen LogP contribution in [0, 0.1) is 0 Å². The van der Waals surface area contributed by atoms with Crippen LogP contribution in [0.5, 0.6) is 0 Å². The number of halogens is 1. The van der Waals surface area contributed by atoms with E-state index in [1.807, 2.05) is 25.1 Å². The molecule has 0 fully saturated rings. The number of ether oxygens (including phenoxy) is 1. The minimum Gasteiger partial charge on any atom is -0.466 e. The van der Waals surface area contributed by atoms with Crippen LogP contribution in [0.4, 0.5) is 0 Å². The van der Waals surface area contributed by atoms with Gasteiger partial charge in [0.1, 0.15) is 0 Å². The summed E-state index contributed by atoms with van der Waals surface area (Å²) in [6.07, 6.45) is 3.97. The largest absolute Gasteiger partial charge is 0.466 e. The molecule has 0 atom stereocenters. The highest BCUT2D eigenvalue weighted by atomic mass is 35.5. The summed E-state index contributed by atoms with van der Waals surface area (Å²) in [6.45, 7) is 2.04. The van der Waals surface area contributed by atoms with E-state index >= 15 is 0 Å². The highest BCUT2D eigenvalue weighted by Crippen LogP contribution is 2.18. The molecule has 0 unspecified atom stereocenters. The molecule has 0 saturated carbocycles. The number of carbonyl (C=O) groups is 1. The van der Waals surface area contributed by atoms with Gasteiger partial charge in [0, 0.05) is 11.1 Å². The van der Waals surface area contributed by atoms with Crippen molar-refractivity contribution in [1.29, 1.82) is 0 Å². The standard InChI is InChI=1S/C12H13ClO2/c1-3-10-8-9(4-6-11(10)13)5-7-12(14)15-2/h4-8H,3H2,1-2H3/b7-5+. The van der Waals surface area contributed by atoms with Crippen molar-refractivity contribution in [3.05, 3.63) is 40.4 Å². The maximum absolute atomic E-state index is 10.9. The van der Waals surface area contributed by atoms with Crippen LogP contribution in [0.3, 0.4) is 0 Å². The molecule has 0 aromatic heterocycles. The van der Waals surface area contributed by atoms with Crippen molar-refractivity contribution in [2.45, 2.75) is 13.3 Å². The van der Waals surface area contributed by atoms with Gasteiger partial charge in [-0.2, -0.15) is 0 Å². The molecule has 80 valence electrons. The van der Waals surface area contributed by atoms with Crippen LogP contribution < -0.4 is 0 Å². The van der Waals surface area contributed by atoms with Crippen molar-refractivity contribution in [3.63, 3.8) is 0 Å². The molecule has 15 heavy (non-hydrogen) atoms. The third-order valence-electron chi connectivity index (χ3n) is 2.06. The molecule has 1 aromatic carbocycles. The van der Waals surface area contributed by atoms with Gasteiger partial charge in [-0.3, -0.25) is 0 Å². The average molecular weight is 225 g/mol. The number of esters is 1. The maximum atomic E-state index is 10.9. The van der Waals surface area contributed by atoms with Crippen molar-refractivity contribution in [2.75, 3.05) is 7.11 Å². The molecular formula is C12H13ClO2. The van der Waals surface area contributed by atoms with E-state index < -0.39 is 0 Å². The fourth-order valence-corrected chi connectivity index (χ4v) is 1.45. The van der Waals surface area contributed by atoms with E-state index in [9.17, 15) is 4.79 Å². The fourth-order valence-electron chi connectivity index (χ4n) is 1.20. The molecule has 0 saturated heterocycles. The van der Waals surface area contributed by atoms with Crippen molar-refractivity contribution < 1.29 is 9.53 Å². The molecule has 0 N–H and O–H groups in total. The summed E-state index contributed by atoms with van der Waals surface area (Å²) in [5, 5.41) is 0.757. The Balaban J connectivity index is 2.87. The molecule has 0 heterocycles. The van der Waals surface area contributed by atoms with Gasteiger partial charge >= 0.3 is 5.97 Å². The van der Waals surface area contributed by atoms with E-state index in [-0.39, 0.29) is 5.97 Å². The lowest BCUT2D eigenvalue weighted by molar-refractivity contribution is -0.134. The predicted molar refractivity (Wildman–Crippen MR) is 61.9 cm³/mol. The Bertz CT molecular complexity index is 383. The van der Waals surface area contributed by atoms with Gasteiger partial charge in [0.05, 0.1) is 7.11 Å². The SMILES string of the molecule is CCc1cc(/C=C/C(=O)OC)ccc1Cl. The summed E-state index contributed by atoms with van der Waals surface area (Å²) in [5.74, 6) is -0.358. The lowest BCUT2D eigenvalue weighted by atomic mass is 10.1. The Labute approximate surface area is 94.5 Å². The van der Waals surface area contributed by atoms with Crippen LogP contribution in [-0.2, 0) is 16.0 Å². The number of methoxy groups -OCH3 is 1. The first-order valence-electron chi connectivity index (χ1n) is 4.71. The van der Waals surface area contributed by atoms with Crippen molar-refractivity contribution in [1.82, 2.24) is 0 Å². The van der Waals surface area contributed by atoms with Gasteiger partial charge in [0.2, 0.25) is 0 Å². The van der Waals surface area contributed by atoms with Crippen LogP contribution in [0.2, 0.25) is 5.02 Å². The van der Waals surface area contributed by atoms with E-state index in [1.165, 1.54) is 13.2 Å². The second-order valence-corrected chi connectivity index (χ2v) is 3.47. The van der Waals surface area contributed by atoms with Crippen LogP contribution in [0.25, 0.3) is 6.08 Å². The van der Waals surface area contributed by atoms with E-state index in [0.717, 1.165) is 22.6 Å². The number of carbonyl (C=O) groups excluding carboxylic acids is 1. The summed E-state index contributed by atoms with van der Waals surface area (Å²) in [4.78, 5) is 10.9. The lowest BCUT2D eigenvalue weighted by Gasteiger charge is -2.01. The number of benzene rings is 1. The first-order chi connectivity index (χ1) is 7.17. The van der Waals surface area contributed by atoms with Gasteiger partial charge in [0.15, 0.2) is 0 Å². The van der Waals surface area contributed by atoms with Crippen molar-refractivity contribution in [2.24, 2.45) is 0 Å². The Morgan fingerprint density at radius 2 is 2.27 bits per heavy atom. The summed E-state index contributed by atoms with van der Waals surface area (Å²) in [6, 6.07) is 5.65. The molecule has 0 aliphatic heterocycles. The molecule has 0 bridgehead atoms. The Kier molecular flexibility index (Phi) is 4.37. The third kappa shape index (κ3) is 3.40. The zero-order valence-electron chi connectivity index (χ0n) is 8.79.